The Kier molecular flexibility index (Phi) is 16.7. The van der Waals surface area contributed by atoms with Crippen LogP contribution in [0.5, 0.6) is 0 Å². The van der Waals surface area contributed by atoms with E-state index in [-0.39, 0.29) is 10.5 Å². The highest BCUT2D eigenvalue weighted by molar-refractivity contribution is 8.13. The summed E-state index contributed by atoms with van der Waals surface area (Å²) < 4.78 is 5.87. The molecule has 6 heteroatoms. The zero-order valence-corrected chi connectivity index (χ0v) is 21.4. The van der Waals surface area contributed by atoms with Gasteiger partial charge in [-0.15, -0.1) is 0 Å². The monoisotopic (exact) mass is 469 g/mol. The van der Waals surface area contributed by atoms with Crippen molar-refractivity contribution in [1.82, 2.24) is 4.90 Å². The van der Waals surface area contributed by atoms with Gasteiger partial charge in [-0.1, -0.05) is 88.6 Å². The molecule has 1 fully saturated rings. The van der Waals surface area contributed by atoms with Crippen molar-refractivity contribution in [3.8, 4) is 0 Å². The first-order valence-electron chi connectivity index (χ1n) is 12.8. The Morgan fingerprint density at radius 3 is 1.97 bits per heavy atom. The third-order valence-corrected chi connectivity index (χ3v) is 7.28. The van der Waals surface area contributed by atoms with Crippen LogP contribution in [-0.2, 0) is 9.53 Å². The number of ether oxygens (including phenoxy) is 1. The summed E-state index contributed by atoms with van der Waals surface area (Å²) >= 11 is 1.27. The molecule has 1 heterocycles. The second-order valence-electron chi connectivity index (χ2n) is 9.41. The number of thioether (sulfide) groups is 1. The summed E-state index contributed by atoms with van der Waals surface area (Å²) in [6, 6.07) is 0. The summed E-state index contributed by atoms with van der Waals surface area (Å²) in [5, 5.41) is 9.15. The lowest BCUT2D eigenvalue weighted by Gasteiger charge is -2.48. The number of hydrogen-bond acceptors (Lipinski definition) is 4. The van der Waals surface area contributed by atoms with Crippen molar-refractivity contribution in [1.29, 1.82) is 0 Å². The van der Waals surface area contributed by atoms with Gasteiger partial charge in [-0.25, -0.2) is 4.79 Å². The minimum Gasteiger partial charge on any atom is -0.465 e. The van der Waals surface area contributed by atoms with Crippen LogP contribution in [0.3, 0.4) is 0 Å². The first-order valence-corrected chi connectivity index (χ1v) is 13.8. The highest BCUT2D eigenvalue weighted by atomic mass is 32.2. The second-order valence-corrected chi connectivity index (χ2v) is 10.6. The summed E-state index contributed by atoms with van der Waals surface area (Å²) in [7, 11) is 0. The van der Waals surface area contributed by atoms with Gasteiger partial charge in [0.25, 0.3) is 0 Å². The minimum absolute atomic E-state index is 0.0754. The van der Waals surface area contributed by atoms with E-state index in [2.05, 4.69) is 19.1 Å². The number of allylic oxidation sites excluding steroid dienone is 2. The molecule has 1 aliphatic heterocycles. The Labute approximate surface area is 200 Å². The lowest BCUT2D eigenvalue weighted by molar-refractivity contribution is -0.109. The molecule has 32 heavy (non-hydrogen) atoms. The summed E-state index contributed by atoms with van der Waals surface area (Å²) in [6.45, 7) is 6.02. The summed E-state index contributed by atoms with van der Waals surface area (Å²) in [4.78, 5) is 23.7. The van der Waals surface area contributed by atoms with Crippen molar-refractivity contribution in [2.24, 2.45) is 5.41 Å². The second kappa shape index (κ2) is 18.4. The van der Waals surface area contributed by atoms with Crippen molar-refractivity contribution in [2.45, 2.75) is 104 Å². The zero-order chi connectivity index (χ0) is 23.5. The molecule has 1 N–H and O–H groups in total. The van der Waals surface area contributed by atoms with Crippen molar-refractivity contribution < 1.29 is 19.4 Å². The largest absolute Gasteiger partial charge is 0.465 e. The van der Waals surface area contributed by atoms with Crippen LogP contribution in [0.25, 0.3) is 0 Å². The van der Waals surface area contributed by atoms with Gasteiger partial charge in [0.05, 0.1) is 6.61 Å². The van der Waals surface area contributed by atoms with Gasteiger partial charge < -0.3 is 14.7 Å². The number of carbonyl (C=O) groups excluding carboxylic acids is 1. The van der Waals surface area contributed by atoms with E-state index in [1.165, 1.54) is 100 Å². The average molecular weight is 470 g/mol. The molecule has 186 valence electrons. The van der Waals surface area contributed by atoms with Crippen LogP contribution in [0.2, 0.25) is 0 Å². The van der Waals surface area contributed by atoms with Crippen molar-refractivity contribution in [2.75, 3.05) is 32.1 Å². The topological polar surface area (TPSA) is 66.8 Å². The van der Waals surface area contributed by atoms with E-state index in [9.17, 15) is 9.59 Å². The lowest BCUT2D eigenvalue weighted by atomic mass is 9.83. The number of nitrogens with zero attached hydrogens (tertiary/aromatic N) is 1. The fraction of sp³-hybridized carbons (Fsp3) is 0.846. The first kappa shape index (κ1) is 29.0. The van der Waals surface area contributed by atoms with Gasteiger partial charge in [-0.2, -0.15) is 0 Å². The summed E-state index contributed by atoms with van der Waals surface area (Å²) in [6.07, 6.45) is 21.9. The normalized spacial score (nSPS) is 15.2. The molecular weight excluding hydrogens is 422 g/mol. The van der Waals surface area contributed by atoms with Crippen LogP contribution in [0.4, 0.5) is 4.79 Å². The van der Waals surface area contributed by atoms with Gasteiger partial charge in [0.15, 0.2) is 5.12 Å². The molecule has 0 aromatic rings. The van der Waals surface area contributed by atoms with Gasteiger partial charge in [-0.3, -0.25) is 4.79 Å². The molecule has 1 aliphatic rings. The van der Waals surface area contributed by atoms with E-state index >= 15 is 0 Å². The number of carbonyl (C=O) groups is 2. The van der Waals surface area contributed by atoms with Crippen LogP contribution in [0, 0.1) is 5.41 Å². The minimum atomic E-state index is -0.887. The van der Waals surface area contributed by atoms with Gasteiger partial charge in [0, 0.05) is 37.8 Å². The molecule has 0 aliphatic carbocycles. The summed E-state index contributed by atoms with van der Waals surface area (Å²) in [5.41, 5.74) is -0.197. The highest BCUT2D eigenvalue weighted by Gasteiger charge is 2.45. The number of hydrogen-bond donors (Lipinski definition) is 1. The molecule has 0 aromatic heterocycles. The average Bonchev–Trinajstić information content (AvgIpc) is 2.73. The van der Waals surface area contributed by atoms with Crippen LogP contribution in [0.15, 0.2) is 12.2 Å². The molecule has 0 bridgehead atoms. The fourth-order valence-electron chi connectivity index (χ4n) is 4.12. The van der Waals surface area contributed by atoms with E-state index in [0.717, 1.165) is 13.0 Å². The molecule has 0 unspecified atom stereocenters. The molecular formula is C26H47NO4S. The number of unbranched alkanes of at least 4 members (excludes halogenated alkanes) is 12. The maximum Gasteiger partial charge on any atom is 0.407 e. The third kappa shape index (κ3) is 14.2. The van der Waals surface area contributed by atoms with E-state index in [1.54, 1.807) is 6.92 Å². The Balaban J connectivity index is 1.92. The van der Waals surface area contributed by atoms with E-state index in [0.29, 0.717) is 25.4 Å². The van der Waals surface area contributed by atoms with Crippen LogP contribution >= 0.6 is 11.8 Å². The highest BCUT2D eigenvalue weighted by Crippen LogP contribution is 2.34. The van der Waals surface area contributed by atoms with Crippen molar-refractivity contribution in [3.63, 3.8) is 0 Å². The number of carboxylic acid groups (broad SMARTS) is 1. The SMILES string of the molecule is CCCCCCCCC=CCCCCCCCCOCC1(CSC(C)=O)CN(C(=O)O)C1. The van der Waals surface area contributed by atoms with E-state index < -0.39 is 6.09 Å². The van der Waals surface area contributed by atoms with Gasteiger partial charge in [0.1, 0.15) is 0 Å². The number of amides is 1. The fourth-order valence-corrected chi connectivity index (χ4v) is 4.89. The molecule has 0 radical (unpaired) electrons. The van der Waals surface area contributed by atoms with E-state index in [4.69, 9.17) is 9.84 Å². The Morgan fingerprint density at radius 2 is 1.44 bits per heavy atom. The quantitative estimate of drug-likeness (QED) is 0.150. The van der Waals surface area contributed by atoms with Crippen molar-refractivity contribution >= 4 is 23.0 Å². The standard InChI is InChI=1S/C26H47NO4S/c1-3-4-5-6-7-8-9-10-11-12-13-14-15-16-17-18-19-31-22-26(23-32-24(2)28)20-27(21-26)25(29)30/h10-11H,3-9,12-23H2,1-2H3,(H,29,30). The Hall–Kier alpha value is -1.01. The predicted molar refractivity (Wildman–Crippen MR) is 135 cm³/mol. The molecule has 1 saturated heterocycles. The lowest BCUT2D eigenvalue weighted by Crippen LogP contribution is -2.61. The Morgan fingerprint density at radius 1 is 0.906 bits per heavy atom. The number of likely N-dealkylation sites (tertiary alicyclic amines) is 1. The molecule has 0 aromatic carbocycles. The van der Waals surface area contributed by atoms with Gasteiger partial charge >= 0.3 is 6.09 Å². The number of rotatable bonds is 20. The molecule has 0 spiro atoms. The van der Waals surface area contributed by atoms with Crippen LogP contribution in [0.1, 0.15) is 104 Å². The first-order chi connectivity index (χ1) is 15.5. The third-order valence-electron chi connectivity index (χ3n) is 6.11. The molecule has 1 rings (SSSR count). The van der Waals surface area contributed by atoms with Crippen LogP contribution in [-0.4, -0.2) is 53.3 Å². The van der Waals surface area contributed by atoms with Gasteiger partial charge in [-0.05, 0) is 32.1 Å². The zero-order valence-electron chi connectivity index (χ0n) is 20.6. The molecule has 5 nitrogen and oxygen atoms in total. The molecule has 0 atom stereocenters. The van der Waals surface area contributed by atoms with Crippen LogP contribution < -0.4 is 0 Å². The van der Waals surface area contributed by atoms with Gasteiger partial charge in [0.2, 0.25) is 0 Å². The predicted octanol–water partition coefficient (Wildman–Crippen LogP) is 7.30. The maximum absolute atomic E-state index is 11.3. The van der Waals surface area contributed by atoms with Crippen molar-refractivity contribution in [3.05, 3.63) is 12.2 Å². The smallest absolute Gasteiger partial charge is 0.407 e. The summed E-state index contributed by atoms with van der Waals surface area (Å²) in [5.74, 6) is 0.638. The molecule has 1 amide bonds. The van der Waals surface area contributed by atoms with E-state index in [1.807, 2.05) is 0 Å². The Bertz CT molecular complexity index is 526. The maximum atomic E-state index is 11.3. The molecule has 0 saturated carbocycles.